The highest BCUT2D eigenvalue weighted by atomic mass is 35.5. The predicted octanol–water partition coefficient (Wildman–Crippen LogP) is 4.06. The first kappa shape index (κ1) is 17.1. The fourth-order valence-corrected chi connectivity index (χ4v) is 2.39. The molecule has 0 radical (unpaired) electrons. The summed E-state index contributed by atoms with van der Waals surface area (Å²) in [4.78, 5) is 22.4. The van der Waals surface area contributed by atoms with Gasteiger partial charge in [0.15, 0.2) is 0 Å². The van der Waals surface area contributed by atoms with Crippen LogP contribution < -0.4 is 9.47 Å². The van der Waals surface area contributed by atoms with E-state index in [4.69, 9.17) is 32.7 Å². The fourth-order valence-electron chi connectivity index (χ4n) is 1.86. The number of esters is 1. The van der Waals surface area contributed by atoms with Gasteiger partial charge in [-0.25, -0.2) is 0 Å². The van der Waals surface area contributed by atoms with Gasteiger partial charge in [-0.1, -0.05) is 29.3 Å². The smallest absolute Gasteiger partial charge is 0.316 e. The maximum absolute atomic E-state index is 12.0. The van der Waals surface area contributed by atoms with E-state index in [0.717, 1.165) is 0 Å². The van der Waals surface area contributed by atoms with Gasteiger partial charge in [-0.3, -0.25) is 14.9 Å². The number of methoxy groups -OCH3 is 1. The molecule has 2 aromatic rings. The molecule has 120 valence electrons. The molecule has 0 fully saturated rings. The second-order valence-electron chi connectivity index (χ2n) is 4.44. The van der Waals surface area contributed by atoms with Crippen LogP contribution >= 0.6 is 23.2 Å². The number of nitro groups is 1. The van der Waals surface area contributed by atoms with E-state index in [2.05, 4.69) is 0 Å². The van der Waals surface area contributed by atoms with Crippen LogP contribution in [0.4, 0.5) is 5.69 Å². The second-order valence-corrected chi connectivity index (χ2v) is 5.26. The number of halogens is 2. The molecule has 0 aliphatic heterocycles. The first-order chi connectivity index (χ1) is 10.9. The van der Waals surface area contributed by atoms with E-state index in [1.54, 1.807) is 18.2 Å². The summed E-state index contributed by atoms with van der Waals surface area (Å²) in [6.45, 7) is 0. The Morgan fingerprint density at radius 2 is 1.87 bits per heavy atom. The molecule has 6 nitrogen and oxygen atoms in total. The van der Waals surface area contributed by atoms with Gasteiger partial charge in [0.1, 0.15) is 5.75 Å². The molecule has 0 unspecified atom stereocenters. The lowest BCUT2D eigenvalue weighted by molar-refractivity contribution is -0.385. The molecule has 0 saturated heterocycles. The number of rotatable bonds is 5. The second kappa shape index (κ2) is 7.30. The Morgan fingerprint density at radius 3 is 2.43 bits per heavy atom. The summed E-state index contributed by atoms with van der Waals surface area (Å²) in [5, 5.41) is 11.7. The van der Waals surface area contributed by atoms with Crippen molar-refractivity contribution in [2.75, 3.05) is 7.11 Å². The molecule has 2 aromatic carbocycles. The van der Waals surface area contributed by atoms with E-state index in [1.807, 2.05) is 0 Å². The molecule has 0 heterocycles. The standard InChI is InChI=1S/C15H11Cl2NO5/c1-22-9-5-6-14(13(7-9)18(20)21)23-15(19)8-10-11(16)3-2-4-12(10)17/h2-7H,8H2,1H3. The molecule has 23 heavy (non-hydrogen) atoms. The molecule has 0 atom stereocenters. The van der Waals surface area contributed by atoms with E-state index in [0.29, 0.717) is 15.6 Å². The zero-order valence-electron chi connectivity index (χ0n) is 11.9. The Morgan fingerprint density at radius 1 is 1.22 bits per heavy atom. The van der Waals surface area contributed by atoms with Crippen LogP contribution in [0.1, 0.15) is 5.56 Å². The van der Waals surface area contributed by atoms with Gasteiger partial charge < -0.3 is 9.47 Å². The number of nitro benzene ring substituents is 1. The molecule has 0 amide bonds. The minimum absolute atomic E-state index is 0.177. The van der Waals surface area contributed by atoms with Crippen molar-refractivity contribution >= 4 is 34.9 Å². The highest BCUT2D eigenvalue weighted by Gasteiger charge is 2.20. The van der Waals surface area contributed by atoms with Gasteiger partial charge in [-0.15, -0.1) is 0 Å². The number of carbonyl (C=O) groups excluding carboxylic acids is 1. The Labute approximate surface area is 141 Å². The van der Waals surface area contributed by atoms with Gasteiger partial charge in [0.25, 0.3) is 0 Å². The van der Waals surface area contributed by atoms with Crippen molar-refractivity contribution in [2.45, 2.75) is 6.42 Å². The van der Waals surface area contributed by atoms with Crippen LogP contribution in [0, 0.1) is 10.1 Å². The third-order valence-electron chi connectivity index (χ3n) is 2.97. The lowest BCUT2D eigenvalue weighted by atomic mass is 10.1. The number of hydrogen-bond donors (Lipinski definition) is 0. The van der Waals surface area contributed by atoms with Gasteiger partial charge in [0, 0.05) is 15.6 Å². The average Bonchev–Trinajstić information content (AvgIpc) is 2.51. The summed E-state index contributed by atoms with van der Waals surface area (Å²) >= 11 is 12.0. The number of hydrogen-bond acceptors (Lipinski definition) is 5. The van der Waals surface area contributed by atoms with Gasteiger partial charge in [-0.2, -0.15) is 0 Å². The van der Waals surface area contributed by atoms with E-state index in [-0.39, 0.29) is 23.6 Å². The highest BCUT2D eigenvalue weighted by molar-refractivity contribution is 6.36. The van der Waals surface area contributed by atoms with Crippen molar-refractivity contribution < 1.29 is 19.2 Å². The first-order valence-corrected chi connectivity index (χ1v) is 7.14. The van der Waals surface area contributed by atoms with Crippen molar-refractivity contribution in [3.63, 3.8) is 0 Å². The lowest BCUT2D eigenvalue weighted by Crippen LogP contribution is -2.13. The van der Waals surface area contributed by atoms with Crippen LogP contribution in [-0.4, -0.2) is 18.0 Å². The maximum atomic E-state index is 12.0. The average molecular weight is 356 g/mol. The van der Waals surface area contributed by atoms with Crippen LogP contribution in [0.5, 0.6) is 11.5 Å². The zero-order chi connectivity index (χ0) is 17.0. The lowest BCUT2D eigenvalue weighted by Gasteiger charge is -2.08. The zero-order valence-corrected chi connectivity index (χ0v) is 13.4. The molecular formula is C15H11Cl2NO5. The number of carbonyl (C=O) groups is 1. The quantitative estimate of drug-likeness (QED) is 0.349. The maximum Gasteiger partial charge on any atom is 0.316 e. The van der Waals surface area contributed by atoms with Crippen LogP contribution in [0.3, 0.4) is 0 Å². The Bertz CT molecular complexity index is 743. The SMILES string of the molecule is COc1ccc(OC(=O)Cc2c(Cl)cccc2Cl)c([N+](=O)[O-])c1. The first-order valence-electron chi connectivity index (χ1n) is 6.38. The molecule has 2 rings (SSSR count). The van der Waals surface area contributed by atoms with Crippen molar-refractivity contribution in [2.24, 2.45) is 0 Å². The summed E-state index contributed by atoms with van der Waals surface area (Å²) in [7, 11) is 1.38. The van der Waals surface area contributed by atoms with Crippen molar-refractivity contribution in [3.05, 3.63) is 62.1 Å². The summed E-state index contributed by atoms with van der Waals surface area (Å²) in [6, 6.07) is 8.75. The third kappa shape index (κ3) is 4.12. The molecule has 8 heteroatoms. The summed E-state index contributed by atoms with van der Waals surface area (Å²) in [5.41, 5.74) is 0.0277. The number of ether oxygens (including phenoxy) is 2. The normalized spacial score (nSPS) is 10.2. The number of benzene rings is 2. The number of nitrogens with zero attached hydrogens (tertiary/aromatic N) is 1. The van der Waals surface area contributed by atoms with Crippen molar-refractivity contribution in [1.82, 2.24) is 0 Å². The minimum Gasteiger partial charge on any atom is -0.496 e. The van der Waals surface area contributed by atoms with Crippen molar-refractivity contribution in [3.8, 4) is 11.5 Å². The van der Waals surface area contributed by atoms with Gasteiger partial charge >= 0.3 is 11.7 Å². The summed E-state index contributed by atoms with van der Waals surface area (Å²) in [5.74, 6) is -0.608. The largest absolute Gasteiger partial charge is 0.496 e. The van der Waals surface area contributed by atoms with E-state index < -0.39 is 10.9 Å². The Hall–Kier alpha value is -2.31. The highest BCUT2D eigenvalue weighted by Crippen LogP contribution is 2.32. The minimum atomic E-state index is -0.715. The summed E-state index contributed by atoms with van der Waals surface area (Å²) in [6.07, 6.45) is -0.207. The van der Waals surface area contributed by atoms with Gasteiger partial charge in [0.2, 0.25) is 5.75 Å². The molecule has 0 aliphatic rings. The van der Waals surface area contributed by atoms with E-state index in [9.17, 15) is 14.9 Å². The topological polar surface area (TPSA) is 78.7 Å². The van der Waals surface area contributed by atoms with Crippen molar-refractivity contribution in [1.29, 1.82) is 0 Å². The van der Waals surface area contributed by atoms with Gasteiger partial charge in [-0.05, 0) is 24.3 Å². The molecule has 0 saturated carbocycles. The van der Waals surface area contributed by atoms with Crippen LogP contribution in [0.2, 0.25) is 10.0 Å². The molecule has 0 spiro atoms. The third-order valence-corrected chi connectivity index (χ3v) is 3.68. The molecular weight excluding hydrogens is 345 g/mol. The van der Waals surface area contributed by atoms with Crippen LogP contribution in [0.25, 0.3) is 0 Å². The Kier molecular flexibility index (Phi) is 5.41. The molecule has 0 aromatic heterocycles. The van der Waals surface area contributed by atoms with Gasteiger partial charge in [0.05, 0.1) is 24.5 Å². The van der Waals surface area contributed by atoms with Crippen LogP contribution in [0.15, 0.2) is 36.4 Å². The Balaban J connectivity index is 2.22. The summed E-state index contributed by atoms with van der Waals surface area (Å²) < 4.78 is 9.98. The fraction of sp³-hybridized carbons (Fsp3) is 0.133. The molecule has 0 bridgehead atoms. The molecule has 0 N–H and O–H groups in total. The van der Waals surface area contributed by atoms with Crippen LogP contribution in [-0.2, 0) is 11.2 Å². The predicted molar refractivity (Wildman–Crippen MR) is 85.4 cm³/mol. The molecule has 0 aliphatic carbocycles. The van der Waals surface area contributed by atoms with E-state index in [1.165, 1.54) is 25.3 Å². The monoisotopic (exact) mass is 355 g/mol. The van der Waals surface area contributed by atoms with E-state index >= 15 is 0 Å².